The molecule has 2 aromatic rings. The van der Waals surface area contributed by atoms with E-state index in [-0.39, 0.29) is 11.8 Å². The molecule has 1 aromatic carbocycles. The highest BCUT2D eigenvalue weighted by atomic mass is 16.4. The molecule has 0 fully saturated rings. The standard InChI is InChI=1S/C14H17NO3/c1-4-10(5-2)13(16)15-11-8-9(3)6-7-12(11)18-14(15)17/h6-8,10H,4-5H2,1-3H3. The van der Waals surface area contributed by atoms with Gasteiger partial charge in [-0.1, -0.05) is 19.9 Å². The number of benzene rings is 1. The fourth-order valence-electron chi connectivity index (χ4n) is 2.16. The normalized spacial score (nSPS) is 11.3. The van der Waals surface area contributed by atoms with Crippen molar-refractivity contribution in [3.63, 3.8) is 0 Å². The van der Waals surface area contributed by atoms with Gasteiger partial charge >= 0.3 is 5.76 Å². The molecule has 0 atom stereocenters. The minimum atomic E-state index is -0.590. The van der Waals surface area contributed by atoms with Crippen LogP contribution in [0.4, 0.5) is 0 Å². The SMILES string of the molecule is CCC(CC)C(=O)n1c(=O)oc2ccc(C)cc21. The van der Waals surface area contributed by atoms with E-state index in [0.717, 1.165) is 18.4 Å². The van der Waals surface area contributed by atoms with Crippen molar-refractivity contribution >= 4 is 17.0 Å². The van der Waals surface area contributed by atoms with E-state index in [2.05, 4.69) is 0 Å². The first-order chi connectivity index (χ1) is 8.58. The number of aryl methyl sites for hydroxylation is 1. The maximum atomic E-state index is 12.3. The lowest BCUT2D eigenvalue weighted by Gasteiger charge is -2.10. The third-order valence-corrected chi connectivity index (χ3v) is 3.29. The molecule has 0 aliphatic rings. The molecule has 0 radical (unpaired) electrons. The fourth-order valence-corrected chi connectivity index (χ4v) is 2.16. The van der Waals surface area contributed by atoms with Gasteiger partial charge in [0.05, 0.1) is 5.52 Å². The summed E-state index contributed by atoms with van der Waals surface area (Å²) in [5.41, 5.74) is 2.02. The predicted octanol–water partition coefficient (Wildman–Crippen LogP) is 2.98. The molecule has 4 nitrogen and oxygen atoms in total. The number of hydrogen-bond acceptors (Lipinski definition) is 3. The average Bonchev–Trinajstić information content (AvgIpc) is 2.65. The van der Waals surface area contributed by atoms with Gasteiger partial charge in [0.1, 0.15) is 0 Å². The predicted molar refractivity (Wildman–Crippen MR) is 69.9 cm³/mol. The zero-order valence-electron chi connectivity index (χ0n) is 10.9. The lowest BCUT2D eigenvalue weighted by Crippen LogP contribution is -2.28. The Bertz CT molecular complexity index is 632. The maximum absolute atomic E-state index is 12.3. The minimum Gasteiger partial charge on any atom is -0.407 e. The fraction of sp³-hybridized carbons (Fsp3) is 0.429. The molecule has 1 heterocycles. The van der Waals surface area contributed by atoms with E-state index in [1.165, 1.54) is 4.57 Å². The number of nitrogens with zero attached hydrogens (tertiary/aromatic N) is 1. The summed E-state index contributed by atoms with van der Waals surface area (Å²) in [4.78, 5) is 24.1. The van der Waals surface area contributed by atoms with Crippen molar-refractivity contribution in [3.05, 3.63) is 34.3 Å². The first-order valence-electron chi connectivity index (χ1n) is 6.24. The van der Waals surface area contributed by atoms with E-state index in [1.54, 1.807) is 12.1 Å². The van der Waals surface area contributed by atoms with Gasteiger partial charge in [-0.15, -0.1) is 0 Å². The lowest BCUT2D eigenvalue weighted by atomic mass is 10.0. The van der Waals surface area contributed by atoms with Gasteiger partial charge in [-0.05, 0) is 37.5 Å². The highest BCUT2D eigenvalue weighted by molar-refractivity contribution is 5.90. The summed E-state index contributed by atoms with van der Waals surface area (Å²) in [6.07, 6.45) is 1.44. The molecular formula is C14H17NO3. The van der Waals surface area contributed by atoms with E-state index in [9.17, 15) is 9.59 Å². The molecule has 1 aromatic heterocycles. The number of oxazole rings is 1. The number of carbonyl (C=O) groups is 1. The van der Waals surface area contributed by atoms with Crippen LogP contribution in [0, 0.1) is 12.8 Å². The van der Waals surface area contributed by atoms with Crippen LogP contribution in [0.1, 0.15) is 37.0 Å². The highest BCUT2D eigenvalue weighted by Gasteiger charge is 2.22. The summed E-state index contributed by atoms with van der Waals surface area (Å²) in [5.74, 6) is -0.897. The van der Waals surface area contributed by atoms with E-state index >= 15 is 0 Å². The summed E-state index contributed by atoms with van der Waals surface area (Å²) in [7, 11) is 0. The Morgan fingerprint density at radius 2 is 2.00 bits per heavy atom. The van der Waals surface area contributed by atoms with E-state index in [0.29, 0.717) is 11.1 Å². The number of fused-ring (bicyclic) bond motifs is 1. The highest BCUT2D eigenvalue weighted by Crippen LogP contribution is 2.18. The Balaban J connectivity index is 2.63. The molecule has 96 valence electrons. The van der Waals surface area contributed by atoms with Crippen LogP contribution < -0.4 is 5.76 Å². The number of aromatic nitrogens is 1. The summed E-state index contributed by atoms with van der Waals surface area (Å²) in [5, 5.41) is 0. The Morgan fingerprint density at radius 3 is 2.61 bits per heavy atom. The van der Waals surface area contributed by atoms with Crippen LogP contribution >= 0.6 is 0 Å². The number of hydrogen-bond donors (Lipinski definition) is 0. The quantitative estimate of drug-likeness (QED) is 0.837. The van der Waals surface area contributed by atoms with Crippen LogP contribution in [0.15, 0.2) is 27.4 Å². The molecule has 2 rings (SSSR count). The molecule has 0 spiro atoms. The largest absolute Gasteiger partial charge is 0.426 e. The smallest absolute Gasteiger partial charge is 0.407 e. The van der Waals surface area contributed by atoms with Gasteiger partial charge in [0.15, 0.2) is 5.58 Å². The molecule has 18 heavy (non-hydrogen) atoms. The third kappa shape index (κ3) is 1.98. The zero-order chi connectivity index (χ0) is 13.3. The molecule has 0 saturated carbocycles. The van der Waals surface area contributed by atoms with Crippen molar-refractivity contribution < 1.29 is 9.21 Å². The van der Waals surface area contributed by atoms with Gasteiger partial charge < -0.3 is 4.42 Å². The van der Waals surface area contributed by atoms with E-state index in [4.69, 9.17) is 4.42 Å². The molecule has 0 saturated heterocycles. The monoisotopic (exact) mass is 247 g/mol. The van der Waals surface area contributed by atoms with E-state index < -0.39 is 5.76 Å². The Kier molecular flexibility index (Phi) is 3.36. The molecule has 0 aliphatic heterocycles. The van der Waals surface area contributed by atoms with Crippen molar-refractivity contribution in [3.8, 4) is 0 Å². The van der Waals surface area contributed by atoms with Crippen molar-refractivity contribution in [2.24, 2.45) is 5.92 Å². The topological polar surface area (TPSA) is 52.2 Å². The minimum absolute atomic E-state index is 0.135. The van der Waals surface area contributed by atoms with Gasteiger partial charge in [-0.3, -0.25) is 4.79 Å². The molecule has 0 bridgehead atoms. The number of carbonyl (C=O) groups excluding carboxylic acids is 1. The maximum Gasteiger partial charge on any atom is 0.426 e. The van der Waals surface area contributed by atoms with Crippen molar-refractivity contribution in [2.75, 3.05) is 0 Å². The zero-order valence-corrected chi connectivity index (χ0v) is 10.9. The van der Waals surface area contributed by atoms with Crippen LogP contribution in [-0.4, -0.2) is 10.5 Å². The molecule has 0 unspecified atom stereocenters. The number of rotatable bonds is 3. The second-order valence-electron chi connectivity index (χ2n) is 4.53. The van der Waals surface area contributed by atoms with Gasteiger partial charge in [0, 0.05) is 5.92 Å². The Labute approximate surface area is 105 Å². The second kappa shape index (κ2) is 4.80. The molecule has 4 heteroatoms. The Hall–Kier alpha value is -1.84. The van der Waals surface area contributed by atoms with Crippen LogP contribution in [0.2, 0.25) is 0 Å². The van der Waals surface area contributed by atoms with Crippen molar-refractivity contribution in [1.29, 1.82) is 0 Å². The molecule has 0 aliphatic carbocycles. The summed E-state index contributed by atoms with van der Waals surface area (Å²) < 4.78 is 6.27. The Morgan fingerprint density at radius 1 is 1.33 bits per heavy atom. The van der Waals surface area contributed by atoms with Crippen LogP contribution in [0.5, 0.6) is 0 Å². The van der Waals surface area contributed by atoms with Crippen LogP contribution in [-0.2, 0) is 0 Å². The van der Waals surface area contributed by atoms with Gasteiger partial charge in [0.25, 0.3) is 0 Å². The van der Waals surface area contributed by atoms with Crippen molar-refractivity contribution in [2.45, 2.75) is 33.6 Å². The summed E-state index contributed by atoms with van der Waals surface area (Å²) in [6.45, 7) is 5.82. The van der Waals surface area contributed by atoms with Gasteiger partial charge in [0.2, 0.25) is 5.91 Å². The second-order valence-corrected chi connectivity index (χ2v) is 4.53. The van der Waals surface area contributed by atoms with Crippen LogP contribution in [0.3, 0.4) is 0 Å². The van der Waals surface area contributed by atoms with Crippen LogP contribution in [0.25, 0.3) is 11.1 Å². The van der Waals surface area contributed by atoms with E-state index in [1.807, 2.05) is 26.8 Å². The first-order valence-corrected chi connectivity index (χ1v) is 6.24. The van der Waals surface area contributed by atoms with Gasteiger partial charge in [-0.2, -0.15) is 0 Å². The molecule has 0 amide bonds. The third-order valence-electron chi connectivity index (χ3n) is 3.29. The molecular weight excluding hydrogens is 230 g/mol. The van der Waals surface area contributed by atoms with Gasteiger partial charge in [-0.25, -0.2) is 9.36 Å². The van der Waals surface area contributed by atoms with Crippen molar-refractivity contribution in [1.82, 2.24) is 4.57 Å². The molecule has 0 N–H and O–H groups in total. The average molecular weight is 247 g/mol. The summed E-state index contributed by atoms with van der Waals surface area (Å²) >= 11 is 0. The lowest BCUT2D eigenvalue weighted by molar-refractivity contribution is 0.0823. The summed E-state index contributed by atoms with van der Waals surface area (Å²) in [6, 6.07) is 5.39. The first kappa shape index (κ1) is 12.6.